The van der Waals surface area contributed by atoms with Gasteiger partial charge in [-0.05, 0) is 31.2 Å². The van der Waals surface area contributed by atoms with Crippen molar-refractivity contribution in [1.29, 1.82) is 0 Å². The lowest BCUT2D eigenvalue weighted by Gasteiger charge is -2.03. The number of carbonyl (C=O) groups is 1. The molecule has 4 nitrogen and oxygen atoms in total. The fraction of sp³-hybridized carbons (Fsp3) is 0.0833. The summed E-state index contributed by atoms with van der Waals surface area (Å²) >= 11 is 0. The van der Waals surface area contributed by atoms with Gasteiger partial charge in [-0.15, -0.1) is 0 Å². The van der Waals surface area contributed by atoms with Crippen molar-refractivity contribution >= 4 is 5.97 Å². The van der Waals surface area contributed by atoms with Crippen LogP contribution in [0, 0.1) is 6.92 Å². The van der Waals surface area contributed by atoms with Gasteiger partial charge < -0.3 is 5.11 Å². The van der Waals surface area contributed by atoms with Crippen molar-refractivity contribution in [3.63, 3.8) is 0 Å². The van der Waals surface area contributed by atoms with Crippen molar-refractivity contribution in [3.8, 4) is 11.3 Å². The fourth-order valence-electron chi connectivity index (χ4n) is 1.46. The molecule has 2 heterocycles. The molecule has 0 spiro atoms. The van der Waals surface area contributed by atoms with Gasteiger partial charge in [0, 0.05) is 17.5 Å². The maximum Gasteiger partial charge on any atom is 0.354 e. The van der Waals surface area contributed by atoms with E-state index in [1.807, 2.05) is 24.3 Å². The molecule has 4 heteroatoms. The van der Waals surface area contributed by atoms with E-state index in [2.05, 4.69) is 9.97 Å². The Morgan fingerprint density at radius 1 is 1.31 bits per heavy atom. The highest BCUT2D eigenvalue weighted by molar-refractivity contribution is 5.87. The Kier molecular flexibility index (Phi) is 2.64. The third kappa shape index (κ3) is 2.06. The largest absolute Gasteiger partial charge is 0.477 e. The topological polar surface area (TPSA) is 63.1 Å². The number of hydrogen-bond donors (Lipinski definition) is 1. The second-order valence-corrected chi connectivity index (χ2v) is 3.40. The summed E-state index contributed by atoms with van der Waals surface area (Å²) in [6, 6.07) is 8.85. The highest BCUT2D eigenvalue weighted by atomic mass is 16.4. The molecule has 0 saturated carbocycles. The Bertz CT molecular complexity index is 524. The normalized spacial score (nSPS) is 10.1. The molecule has 2 aromatic rings. The minimum absolute atomic E-state index is 0.0423. The average molecular weight is 214 g/mol. The number of nitrogens with zero attached hydrogens (tertiary/aromatic N) is 2. The number of aryl methyl sites for hydroxylation is 1. The predicted octanol–water partition coefficient (Wildman–Crippen LogP) is 2.15. The van der Waals surface area contributed by atoms with Gasteiger partial charge >= 0.3 is 5.97 Å². The second kappa shape index (κ2) is 4.10. The van der Waals surface area contributed by atoms with Crippen molar-refractivity contribution in [2.75, 3.05) is 0 Å². The molecule has 0 saturated heterocycles. The molecular weight excluding hydrogens is 204 g/mol. The average Bonchev–Trinajstić information content (AvgIpc) is 2.29. The molecule has 2 aromatic heterocycles. The lowest BCUT2D eigenvalue weighted by molar-refractivity contribution is 0.0690. The van der Waals surface area contributed by atoms with Crippen LogP contribution in [0.25, 0.3) is 11.3 Å². The molecule has 80 valence electrons. The van der Waals surface area contributed by atoms with Gasteiger partial charge in [0.25, 0.3) is 0 Å². The minimum atomic E-state index is -1.03. The van der Waals surface area contributed by atoms with Crippen LogP contribution < -0.4 is 0 Å². The molecule has 0 atom stereocenters. The molecule has 0 aliphatic rings. The molecular formula is C12H10N2O2. The fourth-order valence-corrected chi connectivity index (χ4v) is 1.46. The summed E-state index contributed by atoms with van der Waals surface area (Å²) < 4.78 is 0. The quantitative estimate of drug-likeness (QED) is 0.831. The van der Waals surface area contributed by atoms with Crippen molar-refractivity contribution in [2.45, 2.75) is 6.92 Å². The molecule has 16 heavy (non-hydrogen) atoms. The lowest BCUT2D eigenvalue weighted by atomic mass is 10.1. The van der Waals surface area contributed by atoms with Crippen LogP contribution in [0.15, 0.2) is 36.5 Å². The maximum atomic E-state index is 10.9. The van der Waals surface area contributed by atoms with E-state index in [9.17, 15) is 4.79 Å². The van der Waals surface area contributed by atoms with Crippen LogP contribution in [0.1, 0.15) is 16.2 Å². The summed E-state index contributed by atoms with van der Waals surface area (Å²) in [7, 11) is 0. The van der Waals surface area contributed by atoms with Crippen LogP contribution >= 0.6 is 0 Å². The smallest absolute Gasteiger partial charge is 0.354 e. The minimum Gasteiger partial charge on any atom is -0.477 e. The van der Waals surface area contributed by atoms with Crippen LogP contribution in [-0.4, -0.2) is 21.0 Å². The van der Waals surface area contributed by atoms with Gasteiger partial charge in [0.1, 0.15) is 5.69 Å². The number of aromatic nitrogens is 2. The molecule has 0 fully saturated rings. The standard InChI is InChI=1S/C12H10N2O2/c1-8-6-9(7-11(14-8)12(15)16)10-4-2-3-5-13-10/h2-7H,1H3,(H,15,16). The number of aromatic carboxylic acids is 1. The zero-order chi connectivity index (χ0) is 11.5. The summed E-state index contributed by atoms with van der Waals surface area (Å²) in [6.07, 6.45) is 1.67. The lowest BCUT2D eigenvalue weighted by Crippen LogP contribution is -2.02. The maximum absolute atomic E-state index is 10.9. The van der Waals surface area contributed by atoms with Gasteiger partial charge in [0.2, 0.25) is 0 Å². The summed E-state index contributed by atoms with van der Waals surface area (Å²) in [5.74, 6) is -1.03. The molecule has 1 N–H and O–H groups in total. The van der Waals surface area contributed by atoms with E-state index in [1.54, 1.807) is 13.1 Å². The number of pyridine rings is 2. The molecule has 0 amide bonds. The molecule has 2 rings (SSSR count). The molecule has 0 unspecified atom stereocenters. The Morgan fingerprint density at radius 3 is 2.75 bits per heavy atom. The number of hydrogen-bond acceptors (Lipinski definition) is 3. The Hall–Kier alpha value is -2.23. The summed E-state index contributed by atoms with van der Waals surface area (Å²) in [6.45, 7) is 1.76. The van der Waals surface area contributed by atoms with Crippen LogP contribution in [0.2, 0.25) is 0 Å². The van der Waals surface area contributed by atoms with Crippen molar-refractivity contribution in [1.82, 2.24) is 9.97 Å². The van der Waals surface area contributed by atoms with Gasteiger partial charge in [-0.1, -0.05) is 6.07 Å². The number of carboxylic acids is 1. The van der Waals surface area contributed by atoms with Gasteiger partial charge in [-0.3, -0.25) is 4.98 Å². The highest BCUT2D eigenvalue weighted by Gasteiger charge is 2.08. The summed E-state index contributed by atoms with van der Waals surface area (Å²) in [5.41, 5.74) is 2.22. The SMILES string of the molecule is Cc1cc(-c2ccccn2)cc(C(=O)O)n1. The zero-order valence-electron chi connectivity index (χ0n) is 8.71. The van der Waals surface area contributed by atoms with Crippen molar-refractivity contribution < 1.29 is 9.90 Å². The highest BCUT2D eigenvalue weighted by Crippen LogP contribution is 2.18. The molecule has 0 bridgehead atoms. The third-order valence-electron chi connectivity index (χ3n) is 2.13. The van der Waals surface area contributed by atoms with Gasteiger partial charge in [0.15, 0.2) is 0 Å². The molecule has 0 aromatic carbocycles. The molecule has 0 radical (unpaired) electrons. The summed E-state index contributed by atoms with van der Waals surface area (Å²) in [4.78, 5) is 19.0. The molecule has 0 aliphatic heterocycles. The predicted molar refractivity (Wildman–Crippen MR) is 59.2 cm³/mol. The van der Waals surface area contributed by atoms with E-state index < -0.39 is 5.97 Å². The first-order valence-corrected chi connectivity index (χ1v) is 4.80. The van der Waals surface area contributed by atoms with E-state index in [-0.39, 0.29) is 5.69 Å². The number of rotatable bonds is 2. The van der Waals surface area contributed by atoms with Gasteiger partial charge in [-0.25, -0.2) is 9.78 Å². The van der Waals surface area contributed by atoms with Gasteiger partial charge in [-0.2, -0.15) is 0 Å². The van der Waals surface area contributed by atoms with Gasteiger partial charge in [0.05, 0.1) is 5.69 Å². The second-order valence-electron chi connectivity index (χ2n) is 3.40. The van der Waals surface area contributed by atoms with Crippen molar-refractivity contribution in [2.24, 2.45) is 0 Å². The summed E-state index contributed by atoms with van der Waals surface area (Å²) in [5, 5.41) is 8.90. The van der Waals surface area contributed by atoms with E-state index in [0.29, 0.717) is 5.69 Å². The third-order valence-corrected chi connectivity index (χ3v) is 2.13. The van der Waals surface area contributed by atoms with E-state index in [1.165, 1.54) is 6.07 Å². The number of carboxylic acid groups (broad SMARTS) is 1. The molecule has 0 aliphatic carbocycles. The van der Waals surface area contributed by atoms with E-state index in [0.717, 1.165) is 11.3 Å². The Morgan fingerprint density at radius 2 is 2.12 bits per heavy atom. The zero-order valence-corrected chi connectivity index (χ0v) is 8.71. The van der Waals surface area contributed by atoms with E-state index >= 15 is 0 Å². The van der Waals surface area contributed by atoms with E-state index in [4.69, 9.17) is 5.11 Å². The first kappa shape index (κ1) is 10.3. The van der Waals surface area contributed by atoms with Crippen LogP contribution in [0.4, 0.5) is 0 Å². The Labute approximate surface area is 92.6 Å². The first-order valence-electron chi connectivity index (χ1n) is 4.80. The van der Waals surface area contributed by atoms with Crippen molar-refractivity contribution in [3.05, 3.63) is 47.9 Å². The monoisotopic (exact) mass is 214 g/mol. The first-order chi connectivity index (χ1) is 7.66. The van der Waals surface area contributed by atoms with Crippen LogP contribution in [0.5, 0.6) is 0 Å². The Balaban J connectivity index is 2.54. The van der Waals surface area contributed by atoms with Crippen LogP contribution in [-0.2, 0) is 0 Å². The van der Waals surface area contributed by atoms with Crippen LogP contribution in [0.3, 0.4) is 0 Å².